The van der Waals surface area contributed by atoms with Crippen molar-refractivity contribution in [2.24, 2.45) is 0 Å². The average Bonchev–Trinajstić information content (AvgIpc) is 2.95. The van der Waals surface area contributed by atoms with Gasteiger partial charge >= 0.3 is 5.97 Å². The Hall–Kier alpha value is -1.82. The van der Waals surface area contributed by atoms with Gasteiger partial charge in [0.2, 0.25) is 5.95 Å². The van der Waals surface area contributed by atoms with Gasteiger partial charge in [-0.1, -0.05) is 27.2 Å². The van der Waals surface area contributed by atoms with Crippen LogP contribution >= 0.6 is 0 Å². The topological polar surface area (TPSA) is 59.4 Å². The summed E-state index contributed by atoms with van der Waals surface area (Å²) < 4.78 is 7.48. The number of rotatable bonds is 8. The van der Waals surface area contributed by atoms with Crippen molar-refractivity contribution >= 4 is 11.9 Å². The van der Waals surface area contributed by atoms with Gasteiger partial charge in [0.25, 0.3) is 0 Å². The SMILES string of the molecule is CCCC1C(C(=O)OCC)=C(C)Nc2ncc(CN(CC)CC)n21. The molecule has 1 aromatic rings. The molecule has 24 heavy (non-hydrogen) atoms. The smallest absolute Gasteiger partial charge is 0.337 e. The zero-order chi connectivity index (χ0) is 17.7. The standard InChI is InChI=1S/C18H30N4O2/c1-6-10-15-16(17(23)24-9-4)13(5)20-18-19-11-14(22(15)18)12-21(7-2)8-3/h11,15H,6-10,12H2,1-5H3,(H,19,20). The predicted molar refractivity (Wildman–Crippen MR) is 95.8 cm³/mol. The van der Waals surface area contributed by atoms with Gasteiger partial charge in [-0.05, 0) is 33.4 Å². The molecule has 2 heterocycles. The Balaban J connectivity index is 2.41. The molecule has 0 radical (unpaired) electrons. The lowest BCUT2D eigenvalue weighted by Crippen LogP contribution is -2.31. The van der Waals surface area contributed by atoms with E-state index in [1.165, 1.54) is 0 Å². The third-order valence-corrected chi connectivity index (χ3v) is 4.56. The van der Waals surface area contributed by atoms with Crippen molar-refractivity contribution in [2.45, 2.75) is 60.0 Å². The molecule has 1 aliphatic rings. The lowest BCUT2D eigenvalue weighted by molar-refractivity contribution is -0.139. The van der Waals surface area contributed by atoms with Crippen molar-refractivity contribution in [1.82, 2.24) is 14.5 Å². The van der Waals surface area contributed by atoms with Gasteiger partial charge in [0.05, 0.1) is 30.1 Å². The fraction of sp³-hybridized carbons (Fsp3) is 0.667. The van der Waals surface area contributed by atoms with Crippen molar-refractivity contribution < 1.29 is 9.53 Å². The molecular weight excluding hydrogens is 304 g/mol. The zero-order valence-electron chi connectivity index (χ0n) is 15.6. The summed E-state index contributed by atoms with van der Waals surface area (Å²) in [6, 6.07) is -0.0154. The van der Waals surface area contributed by atoms with E-state index in [4.69, 9.17) is 4.74 Å². The first kappa shape index (κ1) is 18.5. The number of hydrogen-bond acceptors (Lipinski definition) is 5. The van der Waals surface area contributed by atoms with Crippen molar-refractivity contribution in [3.05, 3.63) is 23.2 Å². The fourth-order valence-corrected chi connectivity index (χ4v) is 3.29. The largest absolute Gasteiger partial charge is 0.463 e. The van der Waals surface area contributed by atoms with Gasteiger partial charge in [-0.25, -0.2) is 9.78 Å². The Morgan fingerprint density at radius 2 is 2.04 bits per heavy atom. The number of aromatic nitrogens is 2. The number of allylic oxidation sites excluding steroid dienone is 1. The van der Waals surface area contributed by atoms with Crippen LogP contribution in [-0.2, 0) is 16.1 Å². The number of carbonyl (C=O) groups excluding carboxylic acids is 1. The Morgan fingerprint density at radius 3 is 2.62 bits per heavy atom. The van der Waals surface area contributed by atoms with E-state index >= 15 is 0 Å². The molecule has 1 unspecified atom stereocenters. The monoisotopic (exact) mass is 334 g/mol. The molecule has 0 saturated carbocycles. The van der Waals surface area contributed by atoms with Crippen LogP contribution in [0.2, 0.25) is 0 Å². The van der Waals surface area contributed by atoms with Gasteiger partial charge in [0.15, 0.2) is 0 Å². The molecule has 0 spiro atoms. The van der Waals surface area contributed by atoms with Gasteiger partial charge in [0.1, 0.15) is 0 Å². The van der Waals surface area contributed by atoms with E-state index in [1.54, 1.807) is 0 Å². The zero-order valence-corrected chi connectivity index (χ0v) is 15.6. The molecule has 6 nitrogen and oxygen atoms in total. The molecule has 0 aliphatic carbocycles. The maximum absolute atomic E-state index is 12.5. The number of nitrogens with one attached hydrogen (secondary N) is 1. The normalized spacial score (nSPS) is 17.0. The first-order valence-electron chi connectivity index (χ1n) is 9.00. The Morgan fingerprint density at radius 1 is 1.33 bits per heavy atom. The van der Waals surface area contributed by atoms with E-state index in [0.29, 0.717) is 6.61 Å². The van der Waals surface area contributed by atoms with Crippen LogP contribution in [0.1, 0.15) is 59.2 Å². The number of carbonyl (C=O) groups is 1. The Labute approximate surface area is 144 Å². The fourth-order valence-electron chi connectivity index (χ4n) is 3.29. The molecule has 1 atom stereocenters. The third kappa shape index (κ3) is 3.64. The molecule has 1 aliphatic heterocycles. The first-order chi connectivity index (χ1) is 11.6. The molecule has 0 saturated heterocycles. The lowest BCUT2D eigenvalue weighted by atomic mass is 9.98. The lowest BCUT2D eigenvalue weighted by Gasteiger charge is -2.31. The summed E-state index contributed by atoms with van der Waals surface area (Å²) in [6.07, 6.45) is 3.80. The van der Waals surface area contributed by atoms with Gasteiger partial charge in [-0.15, -0.1) is 0 Å². The summed E-state index contributed by atoms with van der Waals surface area (Å²) in [4.78, 5) is 19.4. The van der Waals surface area contributed by atoms with Crippen LogP contribution in [0, 0.1) is 0 Å². The van der Waals surface area contributed by atoms with E-state index < -0.39 is 0 Å². The average molecular weight is 334 g/mol. The van der Waals surface area contributed by atoms with E-state index in [1.807, 2.05) is 20.0 Å². The van der Waals surface area contributed by atoms with Crippen LogP contribution in [0.4, 0.5) is 5.95 Å². The number of anilines is 1. The third-order valence-electron chi connectivity index (χ3n) is 4.56. The van der Waals surface area contributed by atoms with Crippen molar-refractivity contribution in [3.63, 3.8) is 0 Å². The summed E-state index contributed by atoms with van der Waals surface area (Å²) >= 11 is 0. The number of fused-ring (bicyclic) bond motifs is 1. The molecule has 0 amide bonds. The van der Waals surface area contributed by atoms with Crippen LogP contribution in [0.25, 0.3) is 0 Å². The summed E-state index contributed by atoms with van der Waals surface area (Å²) in [5.74, 6) is 0.593. The summed E-state index contributed by atoms with van der Waals surface area (Å²) in [7, 11) is 0. The molecule has 6 heteroatoms. The second-order valence-electron chi connectivity index (χ2n) is 6.09. The molecule has 134 valence electrons. The highest BCUT2D eigenvalue weighted by Gasteiger charge is 2.33. The number of imidazole rings is 1. The van der Waals surface area contributed by atoms with E-state index in [2.05, 4.69) is 40.5 Å². The van der Waals surface area contributed by atoms with Gasteiger partial charge in [-0.3, -0.25) is 4.90 Å². The van der Waals surface area contributed by atoms with Crippen LogP contribution in [0.15, 0.2) is 17.5 Å². The van der Waals surface area contributed by atoms with Gasteiger partial charge in [-0.2, -0.15) is 0 Å². The number of nitrogens with zero attached hydrogens (tertiary/aromatic N) is 3. The molecular formula is C18H30N4O2. The minimum absolute atomic E-state index is 0.0154. The van der Waals surface area contributed by atoms with Crippen LogP contribution in [0.5, 0.6) is 0 Å². The Bertz CT molecular complexity index is 602. The highest BCUT2D eigenvalue weighted by atomic mass is 16.5. The quantitative estimate of drug-likeness (QED) is 0.739. The molecule has 2 rings (SSSR count). The highest BCUT2D eigenvalue weighted by Crippen LogP contribution is 2.36. The highest BCUT2D eigenvalue weighted by molar-refractivity contribution is 5.91. The van der Waals surface area contributed by atoms with Crippen molar-refractivity contribution in [3.8, 4) is 0 Å². The van der Waals surface area contributed by atoms with Gasteiger partial charge in [0, 0.05) is 12.2 Å². The van der Waals surface area contributed by atoms with Crippen LogP contribution in [0.3, 0.4) is 0 Å². The van der Waals surface area contributed by atoms with E-state index in [-0.39, 0.29) is 12.0 Å². The number of esters is 1. The molecule has 0 bridgehead atoms. The van der Waals surface area contributed by atoms with Crippen LogP contribution in [-0.4, -0.2) is 40.1 Å². The van der Waals surface area contributed by atoms with Crippen molar-refractivity contribution in [2.75, 3.05) is 25.0 Å². The second kappa shape index (κ2) is 8.33. The summed E-state index contributed by atoms with van der Waals surface area (Å²) in [5.41, 5.74) is 2.71. The van der Waals surface area contributed by atoms with Crippen LogP contribution < -0.4 is 5.32 Å². The molecule has 0 aromatic carbocycles. The van der Waals surface area contributed by atoms with E-state index in [0.717, 1.165) is 55.4 Å². The minimum Gasteiger partial charge on any atom is -0.463 e. The molecule has 1 aromatic heterocycles. The Kier molecular flexibility index (Phi) is 6.43. The summed E-state index contributed by atoms with van der Waals surface area (Å²) in [6.45, 7) is 13.4. The first-order valence-corrected chi connectivity index (χ1v) is 9.00. The minimum atomic E-state index is -0.228. The molecule has 1 N–H and O–H groups in total. The summed E-state index contributed by atoms with van der Waals surface area (Å²) in [5, 5.41) is 3.28. The van der Waals surface area contributed by atoms with E-state index in [9.17, 15) is 4.79 Å². The van der Waals surface area contributed by atoms with Gasteiger partial charge < -0.3 is 14.6 Å². The number of ether oxygens (including phenoxy) is 1. The second-order valence-corrected chi connectivity index (χ2v) is 6.09. The number of hydrogen-bond donors (Lipinski definition) is 1. The molecule has 0 fully saturated rings. The predicted octanol–water partition coefficient (Wildman–Crippen LogP) is 3.33. The maximum atomic E-state index is 12.5. The maximum Gasteiger partial charge on any atom is 0.337 e. The van der Waals surface area contributed by atoms with Crippen molar-refractivity contribution in [1.29, 1.82) is 0 Å².